The molecule has 0 radical (unpaired) electrons. The van der Waals surface area contributed by atoms with Crippen LogP contribution in [0.1, 0.15) is 21.5 Å². The molecule has 4 rings (SSSR count). The Labute approximate surface area is 167 Å². The predicted octanol–water partition coefficient (Wildman–Crippen LogP) is 5.23. The zero-order valence-corrected chi connectivity index (χ0v) is 16.0. The van der Waals surface area contributed by atoms with Gasteiger partial charge in [0, 0.05) is 29.0 Å². The van der Waals surface area contributed by atoms with Gasteiger partial charge in [0.15, 0.2) is 0 Å². The van der Waals surface area contributed by atoms with Gasteiger partial charge < -0.3 is 4.90 Å². The number of benzene rings is 3. The van der Waals surface area contributed by atoms with E-state index in [2.05, 4.69) is 46.7 Å². The number of thiophene rings is 1. The minimum Gasteiger partial charge on any atom is -0.363 e. The molecule has 4 aromatic rings. The monoisotopic (exact) mass is 388 g/mol. The van der Waals surface area contributed by atoms with Gasteiger partial charge in [0.05, 0.1) is 0 Å². The normalized spacial score (nSPS) is 10.8. The van der Waals surface area contributed by atoms with E-state index < -0.39 is 5.91 Å². The fourth-order valence-electron chi connectivity index (χ4n) is 3.29. The van der Waals surface area contributed by atoms with Crippen molar-refractivity contribution in [2.45, 2.75) is 13.1 Å². The highest BCUT2D eigenvalue weighted by molar-refractivity contribution is 7.17. The first kappa shape index (κ1) is 18.2. The molecule has 0 atom stereocenters. The van der Waals surface area contributed by atoms with E-state index in [1.54, 1.807) is 28.9 Å². The second-order valence-electron chi connectivity index (χ2n) is 6.59. The van der Waals surface area contributed by atoms with Gasteiger partial charge in [0.25, 0.3) is 5.91 Å². The molecule has 0 aliphatic rings. The largest absolute Gasteiger partial charge is 0.363 e. The van der Waals surface area contributed by atoms with Crippen molar-refractivity contribution in [3.8, 4) is 0 Å². The van der Waals surface area contributed by atoms with Crippen LogP contribution in [-0.4, -0.2) is 11.1 Å². The summed E-state index contributed by atoms with van der Waals surface area (Å²) in [4.78, 5) is 13.9. The van der Waals surface area contributed by atoms with E-state index in [0.717, 1.165) is 18.8 Å². The van der Waals surface area contributed by atoms with Gasteiger partial charge in [0.2, 0.25) is 0 Å². The number of fused-ring (bicyclic) bond motifs is 1. The number of rotatable bonds is 6. The molecule has 0 aliphatic heterocycles. The lowest BCUT2D eigenvalue weighted by Gasteiger charge is -2.25. The van der Waals surface area contributed by atoms with Crippen molar-refractivity contribution in [3.63, 3.8) is 0 Å². The molecule has 28 heavy (non-hydrogen) atoms. The van der Waals surface area contributed by atoms with Crippen LogP contribution in [0, 0.1) is 0 Å². The van der Waals surface area contributed by atoms with Gasteiger partial charge in [0.1, 0.15) is 0 Å². The molecule has 1 aromatic heterocycles. The van der Waals surface area contributed by atoms with Gasteiger partial charge >= 0.3 is 0 Å². The molecular weight excluding hydrogens is 368 g/mol. The van der Waals surface area contributed by atoms with Crippen LogP contribution in [0.25, 0.3) is 10.1 Å². The Morgan fingerprint density at radius 2 is 1.61 bits per heavy atom. The number of amides is 1. The topological polar surface area (TPSA) is 52.6 Å². The molecule has 0 fully saturated rings. The van der Waals surface area contributed by atoms with Crippen LogP contribution in [0.2, 0.25) is 0 Å². The van der Waals surface area contributed by atoms with Crippen molar-refractivity contribution < 1.29 is 10.0 Å². The molecule has 1 amide bonds. The van der Waals surface area contributed by atoms with Crippen LogP contribution in [0.5, 0.6) is 0 Å². The highest BCUT2D eigenvalue weighted by Gasteiger charge is 2.13. The van der Waals surface area contributed by atoms with Crippen molar-refractivity contribution in [2.75, 3.05) is 4.90 Å². The first-order valence-electron chi connectivity index (χ1n) is 9.03. The molecular formula is C23H20N2O2S. The highest BCUT2D eigenvalue weighted by Crippen LogP contribution is 2.29. The van der Waals surface area contributed by atoms with Gasteiger partial charge in [-0.15, -0.1) is 11.3 Å². The number of nitrogens with zero attached hydrogens (tertiary/aromatic N) is 1. The summed E-state index contributed by atoms with van der Waals surface area (Å²) in [5, 5.41) is 12.3. The quantitative estimate of drug-likeness (QED) is 0.351. The average molecular weight is 388 g/mol. The molecule has 2 N–H and O–H groups in total. The SMILES string of the molecule is O=C(NO)c1ccc(N(Cc2ccccc2)Cc2csc3ccccc23)cc1. The van der Waals surface area contributed by atoms with Crippen LogP contribution in [-0.2, 0) is 13.1 Å². The Morgan fingerprint density at radius 3 is 2.36 bits per heavy atom. The Morgan fingerprint density at radius 1 is 0.893 bits per heavy atom. The van der Waals surface area contributed by atoms with E-state index in [-0.39, 0.29) is 0 Å². The number of hydroxylamine groups is 1. The fourth-order valence-corrected chi connectivity index (χ4v) is 4.25. The van der Waals surface area contributed by atoms with E-state index >= 15 is 0 Å². The molecule has 0 bridgehead atoms. The summed E-state index contributed by atoms with van der Waals surface area (Å²) in [6.07, 6.45) is 0. The second kappa shape index (κ2) is 8.25. The maximum absolute atomic E-state index is 11.6. The van der Waals surface area contributed by atoms with Crippen molar-refractivity contribution >= 4 is 33.0 Å². The van der Waals surface area contributed by atoms with Gasteiger partial charge in [-0.2, -0.15) is 0 Å². The van der Waals surface area contributed by atoms with E-state index in [0.29, 0.717) is 5.56 Å². The van der Waals surface area contributed by atoms with E-state index in [1.165, 1.54) is 21.2 Å². The van der Waals surface area contributed by atoms with Crippen molar-refractivity contribution in [1.82, 2.24) is 5.48 Å². The lowest BCUT2D eigenvalue weighted by atomic mass is 10.1. The second-order valence-corrected chi connectivity index (χ2v) is 7.50. The molecule has 0 spiro atoms. The summed E-state index contributed by atoms with van der Waals surface area (Å²) < 4.78 is 1.28. The summed E-state index contributed by atoms with van der Waals surface area (Å²) in [5.41, 5.74) is 5.63. The minimum absolute atomic E-state index is 0.423. The number of hydrogen-bond acceptors (Lipinski definition) is 4. The molecule has 1 heterocycles. The van der Waals surface area contributed by atoms with Gasteiger partial charge in [-0.3, -0.25) is 10.0 Å². The van der Waals surface area contributed by atoms with Crippen LogP contribution in [0.15, 0.2) is 84.2 Å². The van der Waals surface area contributed by atoms with E-state index in [4.69, 9.17) is 5.21 Å². The van der Waals surface area contributed by atoms with E-state index in [1.807, 2.05) is 30.3 Å². The first-order chi connectivity index (χ1) is 13.7. The lowest BCUT2D eigenvalue weighted by molar-refractivity contribution is 0.0706. The average Bonchev–Trinajstić information content (AvgIpc) is 3.16. The summed E-state index contributed by atoms with van der Waals surface area (Å²) in [5.74, 6) is -0.509. The molecule has 0 saturated carbocycles. The lowest BCUT2D eigenvalue weighted by Crippen LogP contribution is -2.22. The van der Waals surface area contributed by atoms with Crippen LogP contribution < -0.4 is 10.4 Å². The zero-order valence-electron chi connectivity index (χ0n) is 15.2. The standard InChI is InChI=1S/C23H20N2O2S/c26-23(24-27)18-10-12-20(13-11-18)25(14-17-6-2-1-3-7-17)15-19-16-28-22-9-5-4-8-21(19)22/h1-13,16,27H,14-15H2,(H,24,26). The molecule has 0 aliphatic carbocycles. The molecule has 140 valence electrons. The third-order valence-corrected chi connectivity index (χ3v) is 5.75. The number of hydrogen-bond donors (Lipinski definition) is 2. The van der Waals surface area contributed by atoms with Crippen molar-refractivity contribution in [2.24, 2.45) is 0 Å². The maximum atomic E-state index is 11.6. The van der Waals surface area contributed by atoms with Crippen molar-refractivity contribution in [1.29, 1.82) is 0 Å². The maximum Gasteiger partial charge on any atom is 0.274 e. The number of carbonyl (C=O) groups is 1. The third kappa shape index (κ3) is 3.91. The van der Waals surface area contributed by atoms with Crippen molar-refractivity contribution in [3.05, 3.63) is 101 Å². The molecule has 0 unspecified atom stereocenters. The molecule has 0 saturated heterocycles. The third-order valence-electron chi connectivity index (χ3n) is 4.73. The minimum atomic E-state index is -0.509. The summed E-state index contributed by atoms with van der Waals surface area (Å²) in [7, 11) is 0. The Hall–Kier alpha value is -3.15. The highest BCUT2D eigenvalue weighted by atomic mass is 32.1. The first-order valence-corrected chi connectivity index (χ1v) is 9.91. The van der Waals surface area contributed by atoms with Crippen LogP contribution >= 0.6 is 11.3 Å². The Balaban J connectivity index is 1.66. The Bertz CT molecular complexity index is 1070. The van der Waals surface area contributed by atoms with Crippen LogP contribution in [0.4, 0.5) is 5.69 Å². The zero-order chi connectivity index (χ0) is 19.3. The van der Waals surface area contributed by atoms with Gasteiger partial charge in [-0.1, -0.05) is 48.5 Å². The number of anilines is 1. The fraction of sp³-hybridized carbons (Fsp3) is 0.0870. The van der Waals surface area contributed by atoms with Crippen LogP contribution in [0.3, 0.4) is 0 Å². The number of carbonyl (C=O) groups excluding carboxylic acids is 1. The summed E-state index contributed by atoms with van der Waals surface area (Å²) >= 11 is 1.76. The molecule has 4 nitrogen and oxygen atoms in total. The summed E-state index contributed by atoms with van der Waals surface area (Å²) in [6.45, 7) is 1.53. The Kier molecular flexibility index (Phi) is 5.37. The molecule has 5 heteroatoms. The predicted molar refractivity (Wildman–Crippen MR) is 114 cm³/mol. The summed E-state index contributed by atoms with van der Waals surface area (Å²) in [6, 6.07) is 26.1. The van der Waals surface area contributed by atoms with Gasteiger partial charge in [-0.25, -0.2) is 5.48 Å². The van der Waals surface area contributed by atoms with Gasteiger partial charge in [-0.05, 0) is 52.2 Å². The van der Waals surface area contributed by atoms with E-state index in [9.17, 15) is 4.79 Å². The number of nitrogens with one attached hydrogen (secondary N) is 1. The molecule has 3 aromatic carbocycles. The smallest absolute Gasteiger partial charge is 0.274 e.